The Balaban J connectivity index is 1.56. The monoisotopic (exact) mass is 485 g/mol. The molecule has 1 aliphatic heterocycles. The maximum absolute atomic E-state index is 13.8. The summed E-state index contributed by atoms with van der Waals surface area (Å²) >= 11 is 0. The molecule has 1 saturated heterocycles. The Morgan fingerprint density at radius 1 is 1.29 bits per heavy atom. The third-order valence-corrected chi connectivity index (χ3v) is 8.70. The second kappa shape index (κ2) is 9.64. The Morgan fingerprint density at radius 3 is 2.68 bits per heavy atom. The number of nitrogens with zero attached hydrogens (tertiary/aromatic N) is 5. The van der Waals surface area contributed by atoms with Crippen molar-refractivity contribution in [3.63, 3.8) is 0 Å². The van der Waals surface area contributed by atoms with Crippen LogP contribution < -0.4 is 5.32 Å². The van der Waals surface area contributed by atoms with Gasteiger partial charge in [-0.15, -0.1) is 0 Å². The van der Waals surface area contributed by atoms with E-state index in [9.17, 15) is 12.8 Å². The number of pyridine rings is 1. The van der Waals surface area contributed by atoms with Gasteiger partial charge < -0.3 is 10.3 Å². The summed E-state index contributed by atoms with van der Waals surface area (Å²) in [6.07, 6.45) is 6.57. The first-order valence-electron chi connectivity index (χ1n) is 11.4. The van der Waals surface area contributed by atoms with E-state index >= 15 is 0 Å². The van der Waals surface area contributed by atoms with Gasteiger partial charge in [0.15, 0.2) is 0 Å². The summed E-state index contributed by atoms with van der Waals surface area (Å²) in [6, 6.07) is 1.42. The highest BCUT2D eigenvalue weighted by Gasteiger charge is 2.33. The van der Waals surface area contributed by atoms with Crippen molar-refractivity contribution in [3.8, 4) is 11.3 Å². The molecule has 0 aromatic carbocycles. The molecule has 1 fully saturated rings. The predicted octanol–water partition coefficient (Wildman–Crippen LogP) is 4.35. The first-order valence-corrected chi connectivity index (χ1v) is 12.9. The number of nitrogens with one attached hydrogen (secondary N) is 2. The Kier molecular flexibility index (Phi) is 6.81. The number of rotatable bonds is 7. The number of halogens is 1. The molecule has 3 aromatic heterocycles. The van der Waals surface area contributed by atoms with E-state index in [0.29, 0.717) is 41.3 Å². The van der Waals surface area contributed by atoms with Crippen LogP contribution in [0.15, 0.2) is 24.7 Å². The molecule has 0 saturated carbocycles. The van der Waals surface area contributed by atoms with Gasteiger partial charge in [-0.25, -0.2) is 36.9 Å². The second-order valence-corrected chi connectivity index (χ2v) is 11.3. The maximum Gasteiger partial charge on any atom is 0.231 e. The molecular formula is C23H28FN7O2S. The molecule has 0 amide bonds. The zero-order chi connectivity index (χ0) is 24.5. The van der Waals surface area contributed by atoms with Gasteiger partial charge in [-0.05, 0) is 45.1 Å². The topological polar surface area (TPSA) is 108 Å². The molecule has 4 rings (SSSR count). The van der Waals surface area contributed by atoms with Crippen molar-refractivity contribution in [2.45, 2.75) is 51.3 Å². The van der Waals surface area contributed by atoms with Gasteiger partial charge in [-0.2, -0.15) is 0 Å². The van der Waals surface area contributed by atoms with Crippen molar-refractivity contribution in [1.82, 2.24) is 24.2 Å². The van der Waals surface area contributed by atoms with Gasteiger partial charge >= 0.3 is 0 Å². The quantitative estimate of drug-likeness (QED) is 0.482. The van der Waals surface area contributed by atoms with Gasteiger partial charge in [-0.3, -0.25) is 0 Å². The second-order valence-electron chi connectivity index (χ2n) is 8.78. The minimum absolute atomic E-state index is 0.0534. The number of anilines is 1. The standard InChI is InChI=1S/C23H28FN7O2S/c1-5-19(15-6-8-31(9-7-15)34(32,33)14(2)3)29-23-28-13-20(25-4)21(30-23)18-12-27-22-17(18)10-16(24)11-26-22/h10-15,19H,5-9H2,1-3H3,(H,26,27)(H,28,29,30). The van der Waals surface area contributed by atoms with Crippen LogP contribution in [0.2, 0.25) is 0 Å². The summed E-state index contributed by atoms with van der Waals surface area (Å²) in [5.41, 5.74) is 1.75. The maximum atomic E-state index is 13.8. The van der Waals surface area contributed by atoms with Gasteiger partial charge in [0.2, 0.25) is 21.7 Å². The van der Waals surface area contributed by atoms with Gasteiger partial charge in [0.25, 0.3) is 0 Å². The molecule has 180 valence electrons. The SMILES string of the molecule is [C-]#[N+]c1cnc(NC(CC)C2CCN(S(=O)(=O)C(C)C)CC2)nc1-c1c[nH]c2ncc(F)cc12. The van der Waals surface area contributed by atoms with Crippen LogP contribution in [0.4, 0.5) is 16.0 Å². The first-order chi connectivity index (χ1) is 16.2. The van der Waals surface area contributed by atoms with Gasteiger partial charge in [0, 0.05) is 42.5 Å². The van der Waals surface area contributed by atoms with Crippen molar-refractivity contribution in [2.24, 2.45) is 5.92 Å². The van der Waals surface area contributed by atoms with Crippen LogP contribution >= 0.6 is 0 Å². The fraction of sp³-hybridized carbons (Fsp3) is 0.478. The van der Waals surface area contributed by atoms with Crippen LogP contribution in [0.3, 0.4) is 0 Å². The van der Waals surface area contributed by atoms with Crippen LogP contribution in [-0.4, -0.2) is 57.0 Å². The number of hydrogen-bond acceptors (Lipinski definition) is 6. The number of fused-ring (bicyclic) bond motifs is 1. The molecule has 0 bridgehead atoms. The van der Waals surface area contributed by atoms with E-state index in [-0.39, 0.29) is 17.6 Å². The molecule has 1 aliphatic rings. The lowest BCUT2D eigenvalue weighted by Gasteiger charge is -2.36. The highest BCUT2D eigenvalue weighted by Crippen LogP contribution is 2.34. The average Bonchev–Trinajstić information content (AvgIpc) is 3.25. The van der Waals surface area contributed by atoms with Crippen molar-refractivity contribution in [3.05, 3.63) is 41.9 Å². The van der Waals surface area contributed by atoms with Crippen molar-refractivity contribution in [1.29, 1.82) is 0 Å². The molecule has 0 spiro atoms. The van der Waals surface area contributed by atoms with Crippen molar-refractivity contribution >= 4 is 32.7 Å². The van der Waals surface area contributed by atoms with Crippen LogP contribution in [0.5, 0.6) is 0 Å². The van der Waals surface area contributed by atoms with Crippen LogP contribution in [0.25, 0.3) is 27.1 Å². The van der Waals surface area contributed by atoms with Crippen LogP contribution in [0, 0.1) is 18.3 Å². The van der Waals surface area contributed by atoms with E-state index in [0.717, 1.165) is 25.5 Å². The van der Waals surface area contributed by atoms with Crippen LogP contribution in [0.1, 0.15) is 40.0 Å². The van der Waals surface area contributed by atoms with Gasteiger partial charge in [-0.1, -0.05) is 6.92 Å². The molecule has 1 unspecified atom stereocenters. The summed E-state index contributed by atoms with van der Waals surface area (Å²) in [5, 5.41) is 3.51. The summed E-state index contributed by atoms with van der Waals surface area (Å²) in [4.78, 5) is 19.5. The van der Waals surface area contributed by atoms with E-state index in [4.69, 9.17) is 6.57 Å². The normalized spacial score (nSPS) is 16.6. The fourth-order valence-corrected chi connectivity index (χ4v) is 5.76. The van der Waals surface area contributed by atoms with E-state index < -0.39 is 21.1 Å². The Labute approximate surface area is 198 Å². The third-order valence-electron chi connectivity index (χ3n) is 6.42. The number of H-pyrrole nitrogens is 1. The molecule has 0 radical (unpaired) electrons. The average molecular weight is 486 g/mol. The molecule has 2 N–H and O–H groups in total. The lowest BCUT2D eigenvalue weighted by molar-refractivity contribution is 0.247. The van der Waals surface area contributed by atoms with E-state index in [1.807, 2.05) is 0 Å². The fourth-order valence-electron chi connectivity index (χ4n) is 4.45. The third kappa shape index (κ3) is 4.60. The molecular weight excluding hydrogens is 457 g/mol. The number of piperidine rings is 1. The molecule has 4 heterocycles. The van der Waals surface area contributed by atoms with Gasteiger partial charge in [0.05, 0.1) is 23.7 Å². The summed E-state index contributed by atoms with van der Waals surface area (Å²) < 4.78 is 40.4. The minimum atomic E-state index is -3.25. The van der Waals surface area contributed by atoms with Crippen molar-refractivity contribution in [2.75, 3.05) is 18.4 Å². The lowest BCUT2D eigenvalue weighted by Crippen LogP contribution is -2.45. The molecule has 34 heavy (non-hydrogen) atoms. The summed E-state index contributed by atoms with van der Waals surface area (Å²) in [5.74, 6) is 0.176. The van der Waals surface area contributed by atoms with Crippen molar-refractivity contribution < 1.29 is 12.8 Å². The molecule has 0 aliphatic carbocycles. The zero-order valence-corrected chi connectivity index (χ0v) is 20.2. The lowest BCUT2D eigenvalue weighted by atomic mass is 9.89. The zero-order valence-electron chi connectivity index (χ0n) is 19.4. The highest BCUT2D eigenvalue weighted by atomic mass is 32.2. The molecule has 3 aromatic rings. The van der Waals surface area contributed by atoms with E-state index in [2.05, 4.69) is 37.0 Å². The van der Waals surface area contributed by atoms with Gasteiger partial charge in [0.1, 0.15) is 11.5 Å². The summed E-state index contributed by atoms with van der Waals surface area (Å²) in [6.45, 7) is 14.0. The van der Waals surface area contributed by atoms with E-state index in [1.165, 1.54) is 12.3 Å². The van der Waals surface area contributed by atoms with Crippen LogP contribution in [-0.2, 0) is 10.0 Å². The minimum Gasteiger partial charge on any atom is -0.351 e. The highest BCUT2D eigenvalue weighted by molar-refractivity contribution is 7.89. The summed E-state index contributed by atoms with van der Waals surface area (Å²) in [7, 11) is -3.25. The Bertz CT molecular complexity index is 1320. The molecule has 1 atom stereocenters. The van der Waals surface area contributed by atoms with E-state index in [1.54, 1.807) is 24.3 Å². The smallest absolute Gasteiger partial charge is 0.231 e. The molecule has 11 heteroatoms. The predicted molar refractivity (Wildman–Crippen MR) is 129 cm³/mol. The number of hydrogen-bond donors (Lipinski definition) is 2. The first kappa shape index (κ1) is 24.0. The number of aromatic amines is 1. The molecule has 9 nitrogen and oxygen atoms in total. The Morgan fingerprint density at radius 2 is 2.03 bits per heavy atom. The Hall–Kier alpha value is -3.10. The number of aromatic nitrogens is 4. The number of sulfonamides is 1. The largest absolute Gasteiger partial charge is 0.351 e.